The maximum absolute atomic E-state index is 12.0. The Morgan fingerprint density at radius 2 is 1.70 bits per heavy atom. The molecule has 2 bridgehead atoms. The molecule has 3 aromatic rings. The number of aliphatic hydroxyl groups excluding tert-OH is 1. The first-order valence-corrected chi connectivity index (χ1v) is 18.1. The average Bonchev–Trinajstić information content (AvgIpc) is 3.70. The number of aromatic hydroxyl groups is 1. The van der Waals surface area contributed by atoms with Crippen LogP contribution in [0.2, 0.25) is 0 Å². The third kappa shape index (κ3) is 7.72. The van der Waals surface area contributed by atoms with Crippen molar-refractivity contribution < 1.29 is 43.5 Å². The zero-order valence-corrected chi connectivity index (χ0v) is 28.6. The second-order valence-electron chi connectivity index (χ2n) is 14.5. The van der Waals surface area contributed by atoms with Gasteiger partial charge in [-0.2, -0.15) is 0 Å². The predicted molar refractivity (Wildman–Crippen MR) is 187 cm³/mol. The Labute approximate surface area is 293 Å². The number of amides is 1. The summed E-state index contributed by atoms with van der Waals surface area (Å²) >= 11 is 0. The molecule has 0 spiro atoms. The Bertz CT molecular complexity index is 1590. The zero-order chi connectivity index (χ0) is 34.6. The molecule has 3 atom stereocenters. The molecule has 0 radical (unpaired) electrons. The van der Waals surface area contributed by atoms with Crippen LogP contribution in [-0.2, 0) is 15.1 Å². The van der Waals surface area contributed by atoms with Gasteiger partial charge < -0.3 is 44.9 Å². The number of anilines is 1. The molecule has 5 N–H and O–H groups in total. The van der Waals surface area contributed by atoms with Crippen LogP contribution in [0.25, 0.3) is 0 Å². The third-order valence-corrected chi connectivity index (χ3v) is 11.2. The van der Waals surface area contributed by atoms with Gasteiger partial charge in [0.1, 0.15) is 47.9 Å². The molecule has 4 aliphatic heterocycles. The second-order valence-corrected chi connectivity index (χ2v) is 14.5. The largest absolute Gasteiger partial charge is 0.508 e. The number of nitrogens with one attached hydrogen (secondary N) is 2. The van der Waals surface area contributed by atoms with E-state index in [4.69, 9.17) is 18.9 Å². The lowest BCUT2D eigenvalue weighted by Gasteiger charge is -2.52. The van der Waals surface area contributed by atoms with Crippen LogP contribution in [0.5, 0.6) is 23.0 Å². The number of carbonyl (C=O) groups is 1. The number of ether oxygens (including phenoxy) is 4. The fourth-order valence-electron chi connectivity index (χ4n) is 8.29. The van der Waals surface area contributed by atoms with Gasteiger partial charge in [-0.15, -0.1) is 0 Å². The van der Waals surface area contributed by atoms with E-state index in [2.05, 4.69) is 10.6 Å². The smallest absolute Gasteiger partial charge is 0.262 e. The highest BCUT2D eigenvalue weighted by Crippen LogP contribution is 2.43. The van der Waals surface area contributed by atoms with Crippen molar-refractivity contribution in [3.05, 3.63) is 77.9 Å². The van der Waals surface area contributed by atoms with E-state index in [9.17, 15) is 20.1 Å². The Morgan fingerprint density at radius 1 is 0.980 bits per heavy atom. The average molecular weight is 689 g/mol. The van der Waals surface area contributed by atoms with E-state index >= 15 is 0 Å². The fraction of sp³-hybridized carbons (Fsp3) is 0.513. The summed E-state index contributed by atoms with van der Waals surface area (Å²) in [5.74, 6) is 2.27. The fourth-order valence-corrected chi connectivity index (χ4v) is 8.29. The minimum atomic E-state index is -0.949. The van der Waals surface area contributed by atoms with Crippen LogP contribution in [0.3, 0.4) is 0 Å². The molecule has 1 saturated carbocycles. The van der Waals surface area contributed by atoms with Gasteiger partial charge in [-0.3, -0.25) is 9.28 Å². The molecule has 3 aromatic carbocycles. The van der Waals surface area contributed by atoms with Crippen molar-refractivity contribution in [1.82, 2.24) is 5.32 Å². The topological polar surface area (TPSA) is 139 Å². The molecule has 8 rings (SSSR count). The van der Waals surface area contributed by atoms with Crippen molar-refractivity contribution >= 4 is 11.6 Å². The van der Waals surface area contributed by atoms with Crippen LogP contribution >= 0.6 is 0 Å². The summed E-state index contributed by atoms with van der Waals surface area (Å²) in [6, 6.07) is 20.6. The summed E-state index contributed by atoms with van der Waals surface area (Å²) in [4.78, 5) is 11.6. The van der Waals surface area contributed by atoms with Crippen LogP contribution in [0.15, 0.2) is 66.7 Å². The Kier molecular flexibility index (Phi) is 10.5. The number of aliphatic hydroxyl groups is 2. The molecule has 11 nitrogen and oxygen atoms in total. The van der Waals surface area contributed by atoms with Gasteiger partial charge >= 0.3 is 0 Å². The van der Waals surface area contributed by atoms with E-state index in [1.165, 1.54) is 25.0 Å². The highest BCUT2D eigenvalue weighted by molar-refractivity contribution is 5.96. The number of benzene rings is 3. The minimum Gasteiger partial charge on any atom is -0.508 e. The normalized spacial score (nSPS) is 24.9. The summed E-state index contributed by atoms with van der Waals surface area (Å²) in [5.41, 5.74) is 0.771. The van der Waals surface area contributed by atoms with Crippen molar-refractivity contribution in [3.8, 4) is 23.0 Å². The lowest BCUT2D eigenvalue weighted by Crippen LogP contribution is -2.65. The monoisotopic (exact) mass is 688 g/mol. The number of fused-ring (bicyclic) bond motifs is 4. The quantitative estimate of drug-likeness (QED) is 0.116. The molecule has 1 aliphatic carbocycles. The Hall–Kier alpha value is -3.87. The Morgan fingerprint density at radius 3 is 2.44 bits per heavy atom. The number of rotatable bonds is 15. The Balaban J connectivity index is 0.859. The van der Waals surface area contributed by atoms with Crippen LogP contribution in [0, 0.1) is 11.8 Å². The van der Waals surface area contributed by atoms with Crippen LogP contribution in [0.4, 0.5) is 5.69 Å². The molecule has 268 valence electrons. The van der Waals surface area contributed by atoms with Crippen molar-refractivity contribution in [2.45, 2.75) is 56.3 Å². The van der Waals surface area contributed by atoms with Gasteiger partial charge in [0.15, 0.2) is 6.61 Å². The molecule has 1 amide bonds. The van der Waals surface area contributed by atoms with E-state index in [0.29, 0.717) is 49.4 Å². The second kappa shape index (κ2) is 15.2. The van der Waals surface area contributed by atoms with Gasteiger partial charge in [-0.05, 0) is 54.7 Å². The molecular formula is C39H50N3O8+. The lowest BCUT2D eigenvalue weighted by atomic mass is 9.80. The standard InChI is InChI=1S/C39H49N3O8/c43-30-20-33(38-34(21-30)41-37(45)24-48-38)35(44)22-40-16-19-47-31-10-12-32(13-11-31)50-26-42-17-14-27(15-18-42)36(23-42)49-25-39(46,29-8-4-5-9-29)28-6-2-1-3-7-28/h1-3,6-7,10-13,20-21,27,29,35-36,40,44,46H,4-5,8-9,14-19,22-26H2,(H-,41,43,45)/p+1/t27?,35-,36-,39?,42?/m0/s1. The number of hydrogen-bond donors (Lipinski definition) is 5. The molecule has 4 fully saturated rings. The molecule has 4 heterocycles. The summed E-state index contributed by atoms with van der Waals surface area (Å²) in [7, 11) is 0. The molecule has 50 heavy (non-hydrogen) atoms. The zero-order valence-electron chi connectivity index (χ0n) is 28.6. The summed E-state index contributed by atoms with van der Waals surface area (Å²) < 4.78 is 25.3. The number of piperidine rings is 3. The maximum atomic E-state index is 12.0. The summed E-state index contributed by atoms with van der Waals surface area (Å²) in [6.07, 6.45) is 5.82. The van der Waals surface area contributed by atoms with E-state index < -0.39 is 11.7 Å². The van der Waals surface area contributed by atoms with Crippen molar-refractivity contribution in [2.75, 3.05) is 64.6 Å². The van der Waals surface area contributed by atoms with E-state index in [1.54, 1.807) is 0 Å². The summed E-state index contributed by atoms with van der Waals surface area (Å²) in [6.45, 7) is 4.95. The SMILES string of the molecule is O=C1COc2c(cc(O)cc2[C@@H](O)CNCCOc2ccc(OC[N+]34CCC(CC3)[C@@H](OCC(O)(c3ccccc3)C3CCCC3)C4)cc2)N1. The van der Waals surface area contributed by atoms with Crippen molar-refractivity contribution in [1.29, 1.82) is 0 Å². The van der Waals surface area contributed by atoms with E-state index in [1.807, 2.05) is 54.6 Å². The molecule has 11 heteroatoms. The first kappa shape index (κ1) is 34.6. The molecule has 0 aromatic heterocycles. The summed E-state index contributed by atoms with van der Waals surface area (Å²) in [5, 5.41) is 38.6. The van der Waals surface area contributed by atoms with E-state index in [0.717, 1.165) is 66.9 Å². The number of hydrogen-bond acceptors (Lipinski definition) is 9. The molecular weight excluding hydrogens is 638 g/mol. The molecule has 3 saturated heterocycles. The van der Waals surface area contributed by atoms with Crippen LogP contribution < -0.4 is 24.8 Å². The number of nitrogens with zero attached hydrogens (tertiary/aromatic N) is 1. The van der Waals surface area contributed by atoms with Crippen molar-refractivity contribution in [2.24, 2.45) is 11.8 Å². The highest BCUT2D eigenvalue weighted by atomic mass is 16.5. The number of quaternary nitrogens is 1. The van der Waals surface area contributed by atoms with Crippen LogP contribution in [-0.4, -0.2) is 91.1 Å². The van der Waals surface area contributed by atoms with Gasteiger partial charge in [0.05, 0.1) is 31.5 Å². The van der Waals surface area contributed by atoms with Gasteiger partial charge in [0, 0.05) is 43.5 Å². The molecule has 1 unspecified atom stereocenters. The van der Waals surface area contributed by atoms with Crippen molar-refractivity contribution in [3.63, 3.8) is 0 Å². The first-order chi connectivity index (χ1) is 24.3. The predicted octanol–water partition coefficient (Wildman–Crippen LogP) is 4.47. The first-order valence-electron chi connectivity index (χ1n) is 18.1. The lowest BCUT2D eigenvalue weighted by molar-refractivity contribution is -0.959. The van der Waals surface area contributed by atoms with Gasteiger partial charge in [0.25, 0.3) is 5.91 Å². The highest BCUT2D eigenvalue weighted by Gasteiger charge is 2.49. The number of phenols is 1. The van der Waals surface area contributed by atoms with E-state index in [-0.39, 0.29) is 36.8 Å². The number of phenolic OH excluding ortho intramolecular Hbond substituents is 1. The van der Waals surface area contributed by atoms with Gasteiger partial charge in [-0.25, -0.2) is 0 Å². The van der Waals surface area contributed by atoms with Gasteiger partial charge in [0.2, 0.25) is 6.73 Å². The molecule has 5 aliphatic rings. The number of carbonyl (C=O) groups excluding carboxylic acids is 1. The minimum absolute atomic E-state index is 0.0650. The van der Waals surface area contributed by atoms with Gasteiger partial charge in [-0.1, -0.05) is 43.2 Å². The third-order valence-electron chi connectivity index (χ3n) is 11.2. The maximum Gasteiger partial charge on any atom is 0.262 e. The van der Waals surface area contributed by atoms with Crippen LogP contribution in [0.1, 0.15) is 55.8 Å².